The molecule has 1 aliphatic heterocycles. The Morgan fingerprint density at radius 2 is 2.29 bits per heavy atom. The van der Waals surface area contributed by atoms with Crippen molar-refractivity contribution in [1.82, 2.24) is 5.32 Å². The van der Waals surface area contributed by atoms with Gasteiger partial charge in [-0.3, -0.25) is 0 Å². The summed E-state index contributed by atoms with van der Waals surface area (Å²) in [6.45, 7) is 3.78. The van der Waals surface area contributed by atoms with Crippen LogP contribution in [-0.4, -0.2) is 20.3 Å². The van der Waals surface area contributed by atoms with Crippen LogP contribution >= 0.6 is 31.9 Å². The molecule has 0 saturated carbocycles. The zero-order chi connectivity index (χ0) is 12.4. The Kier molecular flexibility index (Phi) is 4.33. The van der Waals surface area contributed by atoms with E-state index in [9.17, 15) is 0 Å². The molecule has 1 atom stereocenters. The van der Waals surface area contributed by atoms with Gasteiger partial charge in [0.05, 0.1) is 22.7 Å². The van der Waals surface area contributed by atoms with Gasteiger partial charge >= 0.3 is 0 Å². The van der Waals surface area contributed by atoms with Crippen LogP contribution in [0.2, 0.25) is 0 Å². The van der Waals surface area contributed by atoms with Crippen LogP contribution in [0, 0.1) is 0 Å². The molecule has 0 radical (unpaired) electrons. The van der Waals surface area contributed by atoms with Gasteiger partial charge in [0.2, 0.25) is 0 Å². The van der Waals surface area contributed by atoms with Crippen molar-refractivity contribution >= 4 is 31.9 Å². The summed E-state index contributed by atoms with van der Waals surface area (Å²) < 4.78 is 13.0. The molecule has 0 saturated heterocycles. The summed E-state index contributed by atoms with van der Waals surface area (Å²) in [5.74, 6) is 1.74. The molecule has 1 aromatic carbocycles. The molecule has 0 fully saturated rings. The standard InChI is InChI=1S/C12H15Br2NO2/c1-3-15-8-4-5-17-12-7(13)6-9(16-2)11(14)10(8)12/h6,8,15H,3-5H2,1-2H3. The fraction of sp³-hybridized carbons (Fsp3) is 0.500. The van der Waals surface area contributed by atoms with Crippen molar-refractivity contribution in [2.24, 2.45) is 0 Å². The summed E-state index contributed by atoms with van der Waals surface area (Å²) in [4.78, 5) is 0. The van der Waals surface area contributed by atoms with Gasteiger partial charge in [0.25, 0.3) is 0 Å². The molecule has 0 aromatic heterocycles. The van der Waals surface area contributed by atoms with Crippen molar-refractivity contribution in [2.45, 2.75) is 19.4 Å². The van der Waals surface area contributed by atoms with Gasteiger partial charge in [-0.05, 0) is 44.5 Å². The number of rotatable bonds is 3. The van der Waals surface area contributed by atoms with Gasteiger partial charge in [-0.25, -0.2) is 0 Å². The molecule has 17 heavy (non-hydrogen) atoms. The van der Waals surface area contributed by atoms with Crippen LogP contribution < -0.4 is 14.8 Å². The highest BCUT2D eigenvalue weighted by Crippen LogP contribution is 2.46. The number of ether oxygens (including phenoxy) is 2. The van der Waals surface area contributed by atoms with Gasteiger partial charge in [-0.15, -0.1) is 0 Å². The third-order valence-corrected chi connectivity index (χ3v) is 4.25. The van der Waals surface area contributed by atoms with Gasteiger partial charge in [0, 0.05) is 18.0 Å². The average Bonchev–Trinajstić information content (AvgIpc) is 2.34. The Hall–Kier alpha value is -0.260. The molecule has 2 rings (SSSR count). The lowest BCUT2D eigenvalue weighted by Crippen LogP contribution is -2.27. The molecule has 0 amide bonds. The Morgan fingerprint density at radius 1 is 1.53 bits per heavy atom. The Balaban J connectivity index is 2.53. The van der Waals surface area contributed by atoms with Crippen molar-refractivity contribution < 1.29 is 9.47 Å². The van der Waals surface area contributed by atoms with E-state index in [1.54, 1.807) is 7.11 Å². The van der Waals surface area contributed by atoms with Crippen LogP contribution in [0.4, 0.5) is 0 Å². The molecule has 1 aromatic rings. The fourth-order valence-corrected chi connectivity index (χ4v) is 3.35. The highest BCUT2D eigenvalue weighted by molar-refractivity contribution is 9.11. The van der Waals surface area contributed by atoms with Crippen molar-refractivity contribution in [1.29, 1.82) is 0 Å². The molecule has 94 valence electrons. The minimum absolute atomic E-state index is 0.310. The normalized spacial score (nSPS) is 18.5. The van der Waals surface area contributed by atoms with Gasteiger partial charge in [-0.2, -0.15) is 0 Å². The fourth-order valence-electron chi connectivity index (χ4n) is 2.09. The number of methoxy groups -OCH3 is 1. The van der Waals surface area contributed by atoms with E-state index in [4.69, 9.17) is 9.47 Å². The highest BCUT2D eigenvalue weighted by atomic mass is 79.9. The quantitative estimate of drug-likeness (QED) is 0.887. The van der Waals surface area contributed by atoms with Crippen LogP contribution in [-0.2, 0) is 0 Å². The minimum Gasteiger partial charge on any atom is -0.496 e. The smallest absolute Gasteiger partial charge is 0.139 e. The van der Waals surface area contributed by atoms with Crippen LogP contribution in [0.5, 0.6) is 11.5 Å². The molecule has 1 N–H and O–H groups in total. The topological polar surface area (TPSA) is 30.5 Å². The molecule has 0 aliphatic carbocycles. The van der Waals surface area contributed by atoms with E-state index in [0.717, 1.165) is 45.6 Å². The Bertz CT molecular complexity index is 423. The lowest BCUT2D eigenvalue weighted by atomic mass is 10.00. The number of hydrogen-bond donors (Lipinski definition) is 1. The highest BCUT2D eigenvalue weighted by Gasteiger charge is 2.27. The molecule has 3 nitrogen and oxygen atoms in total. The Labute approximate surface area is 118 Å². The second-order valence-electron chi connectivity index (χ2n) is 3.86. The van der Waals surface area contributed by atoms with Crippen LogP contribution in [0.25, 0.3) is 0 Å². The average molecular weight is 365 g/mol. The monoisotopic (exact) mass is 363 g/mol. The van der Waals surface area contributed by atoms with E-state index in [0.29, 0.717) is 6.04 Å². The maximum atomic E-state index is 5.74. The predicted octanol–water partition coefficient (Wildman–Crippen LogP) is 3.65. The first-order valence-corrected chi connectivity index (χ1v) is 7.19. The maximum absolute atomic E-state index is 5.74. The lowest BCUT2D eigenvalue weighted by molar-refractivity contribution is 0.250. The van der Waals surface area contributed by atoms with Gasteiger partial charge in [-0.1, -0.05) is 6.92 Å². The zero-order valence-electron chi connectivity index (χ0n) is 9.85. The van der Waals surface area contributed by atoms with Crippen LogP contribution in [0.3, 0.4) is 0 Å². The third kappa shape index (κ3) is 2.46. The van der Waals surface area contributed by atoms with Gasteiger partial charge in [0.15, 0.2) is 0 Å². The SMILES string of the molecule is CCNC1CCOc2c(Br)cc(OC)c(Br)c21. The van der Waals surface area contributed by atoms with E-state index in [-0.39, 0.29) is 0 Å². The summed E-state index contributed by atoms with van der Waals surface area (Å²) in [7, 11) is 1.67. The summed E-state index contributed by atoms with van der Waals surface area (Å²) in [5, 5.41) is 3.47. The maximum Gasteiger partial charge on any atom is 0.139 e. The van der Waals surface area contributed by atoms with E-state index < -0.39 is 0 Å². The molecule has 5 heteroatoms. The molecule has 0 spiro atoms. The number of fused-ring (bicyclic) bond motifs is 1. The van der Waals surface area contributed by atoms with Crippen molar-refractivity contribution in [3.8, 4) is 11.5 Å². The van der Waals surface area contributed by atoms with Crippen molar-refractivity contribution in [3.63, 3.8) is 0 Å². The first-order chi connectivity index (χ1) is 8.19. The second-order valence-corrected chi connectivity index (χ2v) is 5.51. The van der Waals surface area contributed by atoms with Crippen LogP contribution in [0.1, 0.15) is 24.9 Å². The molecular weight excluding hydrogens is 350 g/mol. The number of benzene rings is 1. The first kappa shape index (κ1) is 13.2. The largest absolute Gasteiger partial charge is 0.496 e. The van der Waals surface area contributed by atoms with E-state index >= 15 is 0 Å². The second kappa shape index (κ2) is 5.59. The minimum atomic E-state index is 0.310. The summed E-state index contributed by atoms with van der Waals surface area (Å²) >= 11 is 7.14. The lowest BCUT2D eigenvalue weighted by Gasteiger charge is -2.29. The summed E-state index contributed by atoms with van der Waals surface area (Å²) in [6.07, 6.45) is 0.971. The van der Waals surface area contributed by atoms with E-state index in [1.165, 1.54) is 0 Å². The number of halogens is 2. The van der Waals surface area contributed by atoms with Crippen molar-refractivity contribution in [2.75, 3.05) is 20.3 Å². The van der Waals surface area contributed by atoms with Gasteiger partial charge in [0.1, 0.15) is 11.5 Å². The number of hydrogen-bond acceptors (Lipinski definition) is 3. The summed E-state index contributed by atoms with van der Waals surface area (Å²) in [6, 6.07) is 2.24. The third-order valence-electron chi connectivity index (χ3n) is 2.84. The first-order valence-electron chi connectivity index (χ1n) is 5.61. The molecule has 0 bridgehead atoms. The van der Waals surface area contributed by atoms with E-state index in [1.807, 2.05) is 6.07 Å². The predicted molar refractivity (Wildman–Crippen MR) is 74.9 cm³/mol. The molecule has 1 heterocycles. The van der Waals surface area contributed by atoms with Crippen LogP contribution in [0.15, 0.2) is 15.0 Å². The molecule has 1 unspecified atom stereocenters. The zero-order valence-corrected chi connectivity index (χ0v) is 13.0. The molecular formula is C12H15Br2NO2. The summed E-state index contributed by atoms with van der Waals surface area (Å²) in [5.41, 5.74) is 1.14. The number of nitrogens with one attached hydrogen (secondary N) is 1. The van der Waals surface area contributed by atoms with Gasteiger partial charge < -0.3 is 14.8 Å². The Morgan fingerprint density at radius 3 is 2.94 bits per heavy atom. The molecule has 1 aliphatic rings. The van der Waals surface area contributed by atoms with Crippen molar-refractivity contribution in [3.05, 3.63) is 20.6 Å². The van der Waals surface area contributed by atoms with E-state index in [2.05, 4.69) is 44.1 Å².